The maximum atomic E-state index is 14.1. The van der Waals surface area contributed by atoms with E-state index in [1.807, 2.05) is 0 Å². The van der Waals surface area contributed by atoms with Crippen LogP contribution in [-0.2, 0) is 21.8 Å². The molecule has 0 aromatic heterocycles. The molecular formula is C20H13Cl2F3N2O3. The van der Waals surface area contributed by atoms with E-state index >= 15 is 0 Å². The van der Waals surface area contributed by atoms with Gasteiger partial charge in [0.25, 0.3) is 5.91 Å². The van der Waals surface area contributed by atoms with E-state index in [1.54, 1.807) is 6.07 Å². The van der Waals surface area contributed by atoms with Crippen LogP contribution in [0, 0.1) is 0 Å². The summed E-state index contributed by atoms with van der Waals surface area (Å²) in [6.07, 6.45) is -3.93. The average molecular weight is 457 g/mol. The van der Waals surface area contributed by atoms with Gasteiger partial charge < -0.3 is 0 Å². The van der Waals surface area contributed by atoms with Gasteiger partial charge in [-0.1, -0.05) is 29.3 Å². The molecule has 2 aromatic rings. The van der Waals surface area contributed by atoms with E-state index in [1.165, 1.54) is 25.1 Å². The number of nitrogens with one attached hydrogen (secondary N) is 1. The molecule has 5 nitrogen and oxygen atoms in total. The lowest BCUT2D eigenvalue weighted by Crippen LogP contribution is -2.42. The fourth-order valence-electron chi connectivity index (χ4n) is 3.50. The van der Waals surface area contributed by atoms with Gasteiger partial charge in [0, 0.05) is 33.7 Å². The number of amides is 2. The second kappa shape index (κ2) is 7.01. The van der Waals surface area contributed by atoms with Crippen molar-refractivity contribution in [3.8, 4) is 0 Å². The van der Waals surface area contributed by atoms with Crippen LogP contribution in [-0.4, -0.2) is 22.9 Å². The van der Waals surface area contributed by atoms with E-state index in [0.29, 0.717) is 16.7 Å². The number of carbonyl (C=O) groups is 2. The highest BCUT2D eigenvalue weighted by Crippen LogP contribution is 2.48. The fourth-order valence-corrected chi connectivity index (χ4v) is 4.02. The van der Waals surface area contributed by atoms with Gasteiger partial charge in [-0.25, -0.2) is 0 Å². The first-order chi connectivity index (χ1) is 14.0. The first-order valence-electron chi connectivity index (χ1n) is 8.68. The summed E-state index contributed by atoms with van der Waals surface area (Å²) in [7, 11) is 0. The summed E-state index contributed by atoms with van der Waals surface area (Å²) >= 11 is 11.8. The normalized spacial score (nSPS) is 20.8. The molecule has 30 heavy (non-hydrogen) atoms. The van der Waals surface area contributed by atoms with Crippen LogP contribution in [0.25, 0.3) is 5.70 Å². The zero-order valence-corrected chi connectivity index (χ0v) is 16.8. The number of alkyl halides is 3. The number of carbonyl (C=O) groups excluding carboxylic acids is 2. The number of halogens is 5. The average Bonchev–Trinajstić information content (AvgIpc) is 3.23. The van der Waals surface area contributed by atoms with Gasteiger partial charge in [0.15, 0.2) is 0 Å². The molecule has 2 aromatic carbocycles. The quantitative estimate of drug-likeness (QED) is 0.702. The van der Waals surface area contributed by atoms with Crippen LogP contribution in [0.3, 0.4) is 0 Å². The minimum absolute atomic E-state index is 0.0342. The zero-order valence-electron chi connectivity index (χ0n) is 15.3. The molecule has 156 valence electrons. The Morgan fingerprint density at radius 3 is 2.43 bits per heavy atom. The Kier molecular flexibility index (Phi) is 4.84. The van der Waals surface area contributed by atoms with Crippen molar-refractivity contribution in [3.63, 3.8) is 0 Å². The molecule has 2 aliphatic heterocycles. The molecule has 2 heterocycles. The largest absolute Gasteiger partial charge is 0.428 e. The lowest BCUT2D eigenvalue weighted by molar-refractivity contribution is -0.269. The van der Waals surface area contributed by atoms with Crippen molar-refractivity contribution in [1.29, 1.82) is 0 Å². The third-order valence-electron chi connectivity index (χ3n) is 4.98. The summed E-state index contributed by atoms with van der Waals surface area (Å²) in [4.78, 5) is 29.9. The highest BCUT2D eigenvalue weighted by molar-refractivity contribution is 6.34. The number of benzene rings is 2. The van der Waals surface area contributed by atoms with Crippen LogP contribution < -0.4 is 5.48 Å². The topological polar surface area (TPSA) is 58.6 Å². The third-order valence-corrected chi connectivity index (χ3v) is 5.42. The number of fused-ring (bicyclic) bond motifs is 1. The van der Waals surface area contributed by atoms with Gasteiger partial charge in [-0.3, -0.25) is 24.8 Å². The summed E-state index contributed by atoms with van der Waals surface area (Å²) in [5, 5.41) is 0.0684. The van der Waals surface area contributed by atoms with Crippen LogP contribution in [0.1, 0.15) is 34.0 Å². The molecule has 1 N–H and O–H groups in total. The monoisotopic (exact) mass is 456 g/mol. The molecule has 10 heteroatoms. The Morgan fingerprint density at radius 2 is 1.83 bits per heavy atom. The second-order valence-corrected chi connectivity index (χ2v) is 7.81. The lowest BCUT2D eigenvalue weighted by atomic mass is 9.91. The Balaban J connectivity index is 1.78. The van der Waals surface area contributed by atoms with E-state index < -0.39 is 23.6 Å². The molecule has 2 amide bonds. The highest BCUT2D eigenvalue weighted by Gasteiger charge is 2.59. The summed E-state index contributed by atoms with van der Waals surface area (Å²) in [6, 6.07) is 8.10. The van der Waals surface area contributed by atoms with Gasteiger partial charge in [0.2, 0.25) is 11.5 Å². The van der Waals surface area contributed by atoms with Crippen LogP contribution in [0.15, 0.2) is 42.5 Å². The first-order valence-corrected chi connectivity index (χ1v) is 9.43. The molecular weight excluding hydrogens is 444 g/mol. The van der Waals surface area contributed by atoms with Crippen molar-refractivity contribution in [1.82, 2.24) is 10.4 Å². The van der Waals surface area contributed by atoms with E-state index in [-0.39, 0.29) is 27.9 Å². The highest BCUT2D eigenvalue weighted by atomic mass is 35.5. The van der Waals surface area contributed by atoms with Crippen LogP contribution >= 0.6 is 23.2 Å². The fraction of sp³-hybridized carbons (Fsp3) is 0.200. The molecule has 0 saturated carbocycles. The summed E-state index contributed by atoms with van der Waals surface area (Å²) in [5.41, 5.74) is 0.528. The predicted molar refractivity (Wildman–Crippen MR) is 103 cm³/mol. The molecule has 0 radical (unpaired) electrons. The second-order valence-electron chi connectivity index (χ2n) is 6.94. The number of hydrogen-bond acceptors (Lipinski definition) is 4. The van der Waals surface area contributed by atoms with Crippen molar-refractivity contribution in [3.05, 3.63) is 74.8 Å². The van der Waals surface area contributed by atoms with Crippen LogP contribution in [0.4, 0.5) is 13.2 Å². The van der Waals surface area contributed by atoms with Gasteiger partial charge in [-0.2, -0.15) is 13.2 Å². The van der Waals surface area contributed by atoms with Crippen molar-refractivity contribution < 1.29 is 27.6 Å². The van der Waals surface area contributed by atoms with Gasteiger partial charge in [-0.05, 0) is 42.0 Å². The summed E-state index contributed by atoms with van der Waals surface area (Å²) < 4.78 is 42.2. The minimum atomic E-state index is -4.83. The zero-order chi connectivity index (χ0) is 21.8. The summed E-state index contributed by atoms with van der Waals surface area (Å²) in [6.45, 7) is 1.33. The van der Waals surface area contributed by atoms with E-state index in [2.05, 4.69) is 5.48 Å². The van der Waals surface area contributed by atoms with Gasteiger partial charge in [-0.15, -0.1) is 0 Å². The number of hydroxylamine groups is 1. The maximum Gasteiger partial charge on any atom is 0.428 e. The number of imide groups is 1. The molecule has 1 unspecified atom stereocenters. The van der Waals surface area contributed by atoms with Crippen molar-refractivity contribution in [2.75, 3.05) is 0 Å². The first kappa shape index (κ1) is 20.7. The molecule has 0 saturated heterocycles. The van der Waals surface area contributed by atoms with E-state index in [0.717, 1.165) is 23.1 Å². The SMILES string of the molecule is CC(=O)N1Cc2cc(C3=CC(c4cc(Cl)cc(Cl)c4)(C(F)(F)F)ON3)ccc2C1=O. The minimum Gasteiger partial charge on any atom is -0.275 e. The van der Waals surface area contributed by atoms with Crippen LogP contribution in [0.2, 0.25) is 10.0 Å². The maximum absolute atomic E-state index is 14.1. The standard InChI is InChI=1S/C20H13Cl2F3N2O3/c1-10(28)27-9-12-4-11(2-3-16(12)18(27)29)17-8-19(30-26-17,20(23,24)25)13-5-14(21)7-15(22)6-13/h2-8,26H,9H2,1H3. The van der Waals surface area contributed by atoms with Crippen molar-refractivity contribution in [2.45, 2.75) is 25.2 Å². The molecule has 0 fully saturated rings. The van der Waals surface area contributed by atoms with Crippen LogP contribution in [0.5, 0.6) is 0 Å². The molecule has 0 aliphatic carbocycles. The molecule has 1 atom stereocenters. The lowest BCUT2D eigenvalue weighted by Gasteiger charge is -2.28. The third kappa shape index (κ3) is 3.25. The predicted octanol–water partition coefficient (Wildman–Crippen LogP) is 4.83. The van der Waals surface area contributed by atoms with Gasteiger partial charge >= 0.3 is 6.18 Å². The smallest absolute Gasteiger partial charge is 0.275 e. The van der Waals surface area contributed by atoms with E-state index in [9.17, 15) is 22.8 Å². The number of nitrogens with zero attached hydrogens (tertiary/aromatic N) is 1. The Bertz CT molecular complexity index is 1100. The molecule has 4 rings (SSSR count). The summed E-state index contributed by atoms with van der Waals surface area (Å²) in [5.74, 6) is -0.847. The van der Waals surface area contributed by atoms with Crippen molar-refractivity contribution >= 4 is 40.7 Å². The molecule has 0 spiro atoms. The van der Waals surface area contributed by atoms with Crippen molar-refractivity contribution in [2.24, 2.45) is 0 Å². The van der Waals surface area contributed by atoms with E-state index in [4.69, 9.17) is 28.0 Å². The molecule has 2 aliphatic rings. The Labute approximate surface area is 179 Å². The Hall–Kier alpha value is -2.55. The van der Waals surface area contributed by atoms with Gasteiger partial charge in [0.1, 0.15) is 0 Å². The molecule has 0 bridgehead atoms. The Morgan fingerprint density at radius 1 is 1.17 bits per heavy atom. The van der Waals surface area contributed by atoms with Gasteiger partial charge in [0.05, 0.1) is 12.2 Å². The number of hydrogen-bond donors (Lipinski definition) is 1. The number of rotatable bonds is 2.